The van der Waals surface area contributed by atoms with Crippen molar-refractivity contribution < 1.29 is 22.7 Å². The van der Waals surface area contributed by atoms with Gasteiger partial charge in [-0.15, -0.1) is 0 Å². The van der Waals surface area contributed by atoms with Crippen molar-refractivity contribution in [2.24, 2.45) is 0 Å². The molecule has 0 amide bonds. The van der Waals surface area contributed by atoms with Crippen LogP contribution in [0.4, 0.5) is 13.2 Å². The SMILES string of the molecule is C=COC(=O)c1ccccc1C(F)(F)F. The van der Waals surface area contributed by atoms with Gasteiger partial charge in [-0.3, -0.25) is 0 Å². The zero-order valence-electron chi connectivity index (χ0n) is 7.54. The lowest BCUT2D eigenvalue weighted by Crippen LogP contribution is -2.13. The maximum absolute atomic E-state index is 12.4. The number of carbonyl (C=O) groups excluding carboxylic acids is 1. The number of esters is 1. The molecule has 2 nitrogen and oxygen atoms in total. The zero-order chi connectivity index (χ0) is 11.5. The van der Waals surface area contributed by atoms with E-state index in [9.17, 15) is 18.0 Å². The lowest BCUT2D eigenvalue weighted by Gasteiger charge is -2.10. The largest absolute Gasteiger partial charge is 0.432 e. The fourth-order valence-corrected chi connectivity index (χ4v) is 1.05. The highest BCUT2D eigenvalue weighted by molar-refractivity contribution is 5.91. The quantitative estimate of drug-likeness (QED) is 0.561. The summed E-state index contributed by atoms with van der Waals surface area (Å²) in [5, 5.41) is 0. The van der Waals surface area contributed by atoms with Crippen molar-refractivity contribution in [3.05, 3.63) is 48.2 Å². The lowest BCUT2D eigenvalue weighted by atomic mass is 10.1. The molecule has 0 unspecified atom stereocenters. The Labute approximate surface area is 84.0 Å². The normalized spacial score (nSPS) is 10.9. The Morgan fingerprint density at radius 2 is 1.93 bits per heavy atom. The molecule has 0 fully saturated rings. The second-order valence-electron chi connectivity index (χ2n) is 2.62. The van der Waals surface area contributed by atoms with Crippen LogP contribution in [0.5, 0.6) is 0 Å². The number of hydrogen-bond donors (Lipinski definition) is 0. The van der Waals surface area contributed by atoms with E-state index in [2.05, 4.69) is 11.3 Å². The Morgan fingerprint density at radius 1 is 1.33 bits per heavy atom. The summed E-state index contributed by atoms with van der Waals surface area (Å²) in [5.41, 5.74) is -1.54. The van der Waals surface area contributed by atoms with Crippen molar-refractivity contribution >= 4 is 5.97 Å². The van der Waals surface area contributed by atoms with Crippen LogP contribution < -0.4 is 0 Å². The fraction of sp³-hybridized carbons (Fsp3) is 0.100. The molecule has 0 aliphatic carbocycles. The van der Waals surface area contributed by atoms with Crippen LogP contribution in [0, 0.1) is 0 Å². The van der Waals surface area contributed by atoms with Gasteiger partial charge in [-0.25, -0.2) is 4.79 Å². The first-order valence-corrected chi connectivity index (χ1v) is 3.95. The van der Waals surface area contributed by atoms with E-state index >= 15 is 0 Å². The summed E-state index contributed by atoms with van der Waals surface area (Å²) >= 11 is 0. The Hall–Kier alpha value is -1.78. The van der Waals surface area contributed by atoms with E-state index in [0.717, 1.165) is 18.4 Å². The van der Waals surface area contributed by atoms with Crippen molar-refractivity contribution in [3.8, 4) is 0 Å². The predicted molar refractivity (Wildman–Crippen MR) is 47.1 cm³/mol. The molecular weight excluding hydrogens is 209 g/mol. The van der Waals surface area contributed by atoms with Crippen LogP contribution >= 0.6 is 0 Å². The summed E-state index contributed by atoms with van der Waals surface area (Å²) in [6.45, 7) is 3.09. The Kier molecular flexibility index (Phi) is 3.14. The maximum Gasteiger partial charge on any atom is 0.417 e. The minimum Gasteiger partial charge on any atom is -0.432 e. The monoisotopic (exact) mass is 216 g/mol. The number of hydrogen-bond acceptors (Lipinski definition) is 2. The smallest absolute Gasteiger partial charge is 0.417 e. The lowest BCUT2D eigenvalue weighted by molar-refractivity contribution is -0.138. The molecule has 0 bridgehead atoms. The molecule has 0 aliphatic heterocycles. The van der Waals surface area contributed by atoms with Crippen molar-refractivity contribution in [3.63, 3.8) is 0 Å². The van der Waals surface area contributed by atoms with E-state index in [1.165, 1.54) is 12.1 Å². The van der Waals surface area contributed by atoms with E-state index in [1.54, 1.807) is 0 Å². The molecule has 0 spiro atoms. The van der Waals surface area contributed by atoms with Gasteiger partial charge in [0.05, 0.1) is 17.4 Å². The number of halogens is 3. The van der Waals surface area contributed by atoms with Crippen LogP contribution in [0.3, 0.4) is 0 Å². The summed E-state index contributed by atoms with van der Waals surface area (Å²) in [6.07, 6.45) is -3.79. The van der Waals surface area contributed by atoms with Gasteiger partial charge in [0.15, 0.2) is 0 Å². The van der Waals surface area contributed by atoms with E-state index in [0.29, 0.717) is 0 Å². The summed E-state index contributed by atoms with van der Waals surface area (Å²) < 4.78 is 41.5. The minimum atomic E-state index is -4.57. The van der Waals surface area contributed by atoms with Crippen LogP contribution in [0.25, 0.3) is 0 Å². The Bertz CT molecular complexity index is 382. The molecule has 0 aromatic heterocycles. The summed E-state index contributed by atoms with van der Waals surface area (Å²) in [4.78, 5) is 11.1. The van der Waals surface area contributed by atoms with Crippen molar-refractivity contribution in [1.82, 2.24) is 0 Å². The molecule has 0 aliphatic rings. The van der Waals surface area contributed by atoms with Crippen LogP contribution in [-0.2, 0) is 10.9 Å². The van der Waals surface area contributed by atoms with Gasteiger partial charge in [0.1, 0.15) is 0 Å². The average Bonchev–Trinajstić information content (AvgIpc) is 2.17. The fourth-order valence-electron chi connectivity index (χ4n) is 1.05. The molecule has 0 N–H and O–H groups in total. The third kappa shape index (κ3) is 2.59. The molecule has 5 heteroatoms. The molecule has 0 saturated carbocycles. The van der Waals surface area contributed by atoms with Crippen LogP contribution in [-0.4, -0.2) is 5.97 Å². The summed E-state index contributed by atoms with van der Waals surface area (Å²) in [6, 6.07) is 4.40. The van der Waals surface area contributed by atoms with Crippen molar-refractivity contribution in [1.29, 1.82) is 0 Å². The van der Waals surface area contributed by atoms with Gasteiger partial charge in [-0.1, -0.05) is 18.7 Å². The second-order valence-corrected chi connectivity index (χ2v) is 2.62. The predicted octanol–water partition coefficient (Wildman–Crippen LogP) is 3.01. The Morgan fingerprint density at radius 3 is 2.47 bits per heavy atom. The summed E-state index contributed by atoms with van der Waals surface area (Å²) in [5.74, 6) is -1.07. The Balaban J connectivity index is 3.18. The standard InChI is InChI=1S/C10H7F3O2/c1-2-15-9(14)7-5-3-4-6-8(7)10(11,12)13/h2-6H,1H2. The van der Waals surface area contributed by atoms with E-state index in [4.69, 9.17) is 0 Å². The molecule has 0 radical (unpaired) electrons. The average molecular weight is 216 g/mol. The molecule has 1 aromatic rings. The van der Waals surface area contributed by atoms with Gasteiger partial charge in [-0.2, -0.15) is 13.2 Å². The van der Waals surface area contributed by atoms with Crippen LogP contribution in [0.1, 0.15) is 15.9 Å². The van der Waals surface area contributed by atoms with Crippen molar-refractivity contribution in [2.45, 2.75) is 6.18 Å². The topological polar surface area (TPSA) is 26.3 Å². The molecule has 0 heterocycles. The zero-order valence-corrected chi connectivity index (χ0v) is 7.54. The first kappa shape index (κ1) is 11.3. The first-order chi connectivity index (χ1) is 6.96. The van der Waals surface area contributed by atoms with E-state index in [1.807, 2.05) is 0 Å². The third-order valence-corrected chi connectivity index (χ3v) is 1.64. The number of carbonyl (C=O) groups is 1. The van der Waals surface area contributed by atoms with Gasteiger partial charge in [0.25, 0.3) is 0 Å². The van der Waals surface area contributed by atoms with Gasteiger partial charge in [0.2, 0.25) is 0 Å². The molecule has 1 rings (SSSR count). The number of rotatable bonds is 2. The van der Waals surface area contributed by atoms with Crippen molar-refractivity contribution in [2.75, 3.05) is 0 Å². The highest BCUT2D eigenvalue weighted by Gasteiger charge is 2.35. The molecular formula is C10H7F3O2. The van der Waals surface area contributed by atoms with Gasteiger partial charge in [0, 0.05) is 0 Å². The molecule has 0 atom stereocenters. The van der Waals surface area contributed by atoms with E-state index in [-0.39, 0.29) is 0 Å². The molecule has 1 aromatic carbocycles. The van der Waals surface area contributed by atoms with Crippen LogP contribution in [0.2, 0.25) is 0 Å². The number of ether oxygens (including phenoxy) is 1. The van der Waals surface area contributed by atoms with Gasteiger partial charge < -0.3 is 4.74 Å². The highest BCUT2D eigenvalue weighted by atomic mass is 19.4. The maximum atomic E-state index is 12.4. The van der Waals surface area contributed by atoms with Gasteiger partial charge in [-0.05, 0) is 12.1 Å². The number of alkyl halides is 3. The first-order valence-electron chi connectivity index (χ1n) is 3.95. The van der Waals surface area contributed by atoms with Crippen LogP contribution in [0.15, 0.2) is 37.1 Å². The molecule has 80 valence electrons. The van der Waals surface area contributed by atoms with Gasteiger partial charge >= 0.3 is 12.1 Å². The second kappa shape index (κ2) is 4.16. The number of benzene rings is 1. The third-order valence-electron chi connectivity index (χ3n) is 1.64. The highest BCUT2D eigenvalue weighted by Crippen LogP contribution is 2.32. The molecule has 15 heavy (non-hydrogen) atoms. The minimum absolute atomic E-state index is 0.523. The summed E-state index contributed by atoms with van der Waals surface area (Å²) in [7, 11) is 0. The van der Waals surface area contributed by atoms with E-state index < -0.39 is 23.3 Å². The molecule has 0 saturated heterocycles.